The second-order valence-electron chi connectivity index (χ2n) is 4.38. The Morgan fingerprint density at radius 2 is 2.38 bits per heavy atom. The van der Waals surface area contributed by atoms with Crippen LogP contribution in [0.1, 0.15) is 24.5 Å². The van der Waals surface area contributed by atoms with Crippen LogP contribution in [0.2, 0.25) is 0 Å². The summed E-state index contributed by atoms with van der Waals surface area (Å²) in [5.41, 5.74) is 5.37. The Morgan fingerprint density at radius 1 is 1.62 bits per heavy atom. The largest absolute Gasteiger partial charge is 0.366 e. The van der Waals surface area contributed by atoms with Gasteiger partial charge in [0.25, 0.3) is 5.91 Å². The van der Waals surface area contributed by atoms with Crippen LogP contribution in [0.3, 0.4) is 0 Å². The van der Waals surface area contributed by atoms with Crippen molar-refractivity contribution in [2.75, 3.05) is 24.6 Å². The highest BCUT2D eigenvalue weighted by Gasteiger charge is 2.31. The minimum Gasteiger partial charge on any atom is -0.366 e. The molecule has 1 aromatic rings. The Balaban J connectivity index is 2.10. The van der Waals surface area contributed by atoms with Crippen molar-refractivity contribution in [1.29, 1.82) is 0 Å². The van der Waals surface area contributed by atoms with Crippen molar-refractivity contribution in [1.82, 2.24) is 20.1 Å². The summed E-state index contributed by atoms with van der Waals surface area (Å²) in [6.07, 6.45) is 0. The minimum atomic E-state index is -0.127. The number of anilines is 1. The standard InChI is InChI=1S/C9H15N5OS/c1-9(2)5-14(3-4-16-9)7(15)6-11-8(10)13-12-6/h3-5H2,1-2H3,(H3,10,11,12,13). The number of hydrogen-bond acceptors (Lipinski definition) is 5. The molecular formula is C9H15N5OS. The van der Waals surface area contributed by atoms with E-state index in [1.165, 1.54) is 0 Å². The van der Waals surface area contributed by atoms with Crippen LogP contribution in [0, 0.1) is 0 Å². The van der Waals surface area contributed by atoms with Crippen molar-refractivity contribution in [3.05, 3.63) is 5.82 Å². The lowest BCUT2D eigenvalue weighted by molar-refractivity contribution is 0.0736. The molecule has 3 N–H and O–H groups in total. The van der Waals surface area contributed by atoms with Crippen molar-refractivity contribution in [3.8, 4) is 0 Å². The van der Waals surface area contributed by atoms with Gasteiger partial charge in [-0.15, -0.1) is 5.10 Å². The molecule has 7 heteroatoms. The Kier molecular flexibility index (Phi) is 2.79. The van der Waals surface area contributed by atoms with E-state index >= 15 is 0 Å². The summed E-state index contributed by atoms with van der Waals surface area (Å²) < 4.78 is 0.0967. The molecule has 16 heavy (non-hydrogen) atoms. The number of carbonyl (C=O) groups is 1. The van der Waals surface area contributed by atoms with Crippen LogP contribution in [0.15, 0.2) is 0 Å². The van der Waals surface area contributed by atoms with Gasteiger partial charge >= 0.3 is 0 Å². The van der Waals surface area contributed by atoms with E-state index in [1.54, 1.807) is 4.90 Å². The van der Waals surface area contributed by atoms with Crippen molar-refractivity contribution in [2.24, 2.45) is 0 Å². The lowest BCUT2D eigenvalue weighted by Gasteiger charge is -2.36. The summed E-state index contributed by atoms with van der Waals surface area (Å²) in [7, 11) is 0. The van der Waals surface area contributed by atoms with Gasteiger partial charge in [0.2, 0.25) is 11.8 Å². The Labute approximate surface area is 98.0 Å². The molecule has 0 atom stereocenters. The number of nitrogen functional groups attached to an aromatic ring is 1. The second kappa shape index (κ2) is 3.97. The maximum atomic E-state index is 12.0. The van der Waals surface area contributed by atoms with E-state index in [2.05, 4.69) is 29.0 Å². The van der Waals surface area contributed by atoms with Gasteiger partial charge in [0.15, 0.2) is 0 Å². The molecule has 2 rings (SSSR count). The van der Waals surface area contributed by atoms with Crippen LogP contribution >= 0.6 is 11.8 Å². The number of carbonyl (C=O) groups excluding carboxylic acids is 1. The first-order valence-electron chi connectivity index (χ1n) is 5.09. The van der Waals surface area contributed by atoms with E-state index in [-0.39, 0.29) is 22.4 Å². The van der Waals surface area contributed by atoms with E-state index in [1.807, 2.05) is 11.8 Å². The molecule has 0 spiro atoms. The topological polar surface area (TPSA) is 87.9 Å². The van der Waals surface area contributed by atoms with Gasteiger partial charge in [-0.05, 0) is 13.8 Å². The molecule has 0 aliphatic carbocycles. The summed E-state index contributed by atoms with van der Waals surface area (Å²) in [6, 6.07) is 0. The molecule has 1 saturated heterocycles. The fourth-order valence-corrected chi connectivity index (χ4v) is 2.82. The van der Waals surface area contributed by atoms with Crippen LogP contribution in [0.4, 0.5) is 5.95 Å². The van der Waals surface area contributed by atoms with Crippen LogP contribution in [-0.2, 0) is 0 Å². The average Bonchev–Trinajstić information content (AvgIpc) is 2.62. The van der Waals surface area contributed by atoms with E-state index in [0.29, 0.717) is 0 Å². The highest BCUT2D eigenvalue weighted by Crippen LogP contribution is 2.29. The zero-order valence-corrected chi connectivity index (χ0v) is 10.2. The molecule has 0 saturated carbocycles. The maximum absolute atomic E-state index is 12.0. The summed E-state index contributed by atoms with van der Waals surface area (Å²) >= 11 is 1.88. The summed E-state index contributed by atoms with van der Waals surface area (Å²) in [6.45, 7) is 5.72. The van der Waals surface area contributed by atoms with Crippen LogP contribution in [0.5, 0.6) is 0 Å². The molecule has 0 bridgehead atoms. The molecular weight excluding hydrogens is 226 g/mol. The molecule has 0 aromatic carbocycles. The van der Waals surface area contributed by atoms with E-state index in [4.69, 9.17) is 5.73 Å². The lowest BCUT2D eigenvalue weighted by atomic mass is 10.2. The number of aromatic nitrogens is 3. The number of nitrogens with two attached hydrogens (primary N) is 1. The van der Waals surface area contributed by atoms with Crippen molar-refractivity contribution in [3.63, 3.8) is 0 Å². The van der Waals surface area contributed by atoms with Crippen molar-refractivity contribution >= 4 is 23.6 Å². The first kappa shape index (κ1) is 11.3. The predicted molar refractivity (Wildman–Crippen MR) is 63.2 cm³/mol. The van der Waals surface area contributed by atoms with Crippen molar-refractivity contribution < 1.29 is 4.79 Å². The van der Waals surface area contributed by atoms with Gasteiger partial charge in [0.05, 0.1) is 0 Å². The Bertz CT molecular complexity index is 402. The monoisotopic (exact) mass is 241 g/mol. The molecule has 1 aliphatic rings. The van der Waals surface area contributed by atoms with Crippen LogP contribution in [0.25, 0.3) is 0 Å². The smallest absolute Gasteiger partial charge is 0.291 e. The molecule has 0 radical (unpaired) electrons. The number of nitrogens with one attached hydrogen (secondary N) is 1. The Hall–Kier alpha value is -1.24. The molecule has 88 valence electrons. The SMILES string of the molecule is CC1(C)CN(C(=O)c2nc(N)n[nH]2)CCS1. The predicted octanol–water partition coefficient (Wildman–Crippen LogP) is 0.354. The van der Waals surface area contributed by atoms with E-state index < -0.39 is 0 Å². The third kappa shape index (κ3) is 2.29. The fourth-order valence-electron chi connectivity index (χ4n) is 1.71. The summed E-state index contributed by atoms with van der Waals surface area (Å²) in [5, 5.41) is 6.20. The average molecular weight is 241 g/mol. The van der Waals surface area contributed by atoms with Crippen molar-refractivity contribution in [2.45, 2.75) is 18.6 Å². The first-order chi connectivity index (χ1) is 7.48. The number of nitrogens with zero attached hydrogens (tertiary/aromatic N) is 3. The van der Waals surface area contributed by atoms with Crippen LogP contribution < -0.4 is 5.73 Å². The van der Waals surface area contributed by atoms with E-state index in [0.717, 1.165) is 18.8 Å². The van der Waals surface area contributed by atoms with Gasteiger partial charge in [0, 0.05) is 23.6 Å². The molecule has 2 heterocycles. The highest BCUT2D eigenvalue weighted by atomic mass is 32.2. The normalized spacial score (nSPS) is 19.8. The zero-order valence-electron chi connectivity index (χ0n) is 9.36. The number of H-pyrrole nitrogens is 1. The third-order valence-electron chi connectivity index (χ3n) is 2.42. The first-order valence-corrected chi connectivity index (χ1v) is 6.08. The number of aromatic amines is 1. The molecule has 0 unspecified atom stereocenters. The molecule has 1 aromatic heterocycles. The van der Waals surface area contributed by atoms with Gasteiger partial charge in [-0.25, -0.2) is 0 Å². The summed E-state index contributed by atoms with van der Waals surface area (Å²) in [5.74, 6) is 1.15. The molecule has 1 fully saturated rings. The highest BCUT2D eigenvalue weighted by molar-refractivity contribution is 8.00. The molecule has 1 amide bonds. The van der Waals surface area contributed by atoms with Crippen LogP contribution in [-0.4, -0.2) is 49.6 Å². The Morgan fingerprint density at radius 3 is 2.94 bits per heavy atom. The number of hydrogen-bond donors (Lipinski definition) is 2. The zero-order chi connectivity index (χ0) is 11.8. The van der Waals surface area contributed by atoms with Gasteiger partial charge in [-0.2, -0.15) is 16.7 Å². The second-order valence-corrected chi connectivity index (χ2v) is 6.18. The maximum Gasteiger partial charge on any atom is 0.291 e. The minimum absolute atomic E-state index is 0.0967. The molecule has 1 aliphatic heterocycles. The fraction of sp³-hybridized carbons (Fsp3) is 0.667. The summed E-state index contributed by atoms with van der Waals surface area (Å²) in [4.78, 5) is 17.7. The third-order valence-corrected chi connectivity index (χ3v) is 3.72. The number of rotatable bonds is 1. The quantitative estimate of drug-likeness (QED) is 0.741. The van der Waals surface area contributed by atoms with Gasteiger partial charge in [-0.3, -0.25) is 9.89 Å². The van der Waals surface area contributed by atoms with E-state index in [9.17, 15) is 4.79 Å². The number of thioether (sulfide) groups is 1. The lowest BCUT2D eigenvalue weighted by Crippen LogP contribution is -2.46. The molecule has 6 nitrogen and oxygen atoms in total. The number of amides is 1. The van der Waals surface area contributed by atoms with Gasteiger partial charge in [0.1, 0.15) is 0 Å². The van der Waals surface area contributed by atoms with Gasteiger partial charge < -0.3 is 10.6 Å². The van der Waals surface area contributed by atoms with Gasteiger partial charge in [-0.1, -0.05) is 0 Å².